The Morgan fingerprint density at radius 1 is 1.24 bits per heavy atom. The van der Waals surface area contributed by atoms with Crippen molar-refractivity contribution in [2.75, 3.05) is 50.1 Å². The third-order valence-corrected chi connectivity index (χ3v) is 4.65. The molecular formula is C16H26N4O4S. The van der Waals surface area contributed by atoms with Gasteiger partial charge in [-0.05, 0) is 27.7 Å². The van der Waals surface area contributed by atoms with E-state index < -0.39 is 11.6 Å². The third-order valence-electron chi connectivity index (χ3n) is 3.51. The number of piperazine rings is 1. The number of hydrogen-bond donors (Lipinski definition) is 1. The summed E-state index contributed by atoms with van der Waals surface area (Å²) in [5.74, 6) is -0.429. The highest BCUT2D eigenvalue weighted by Gasteiger charge is 2.28. The lowest BCUT2D eigenvalue weighted by Gasteiger charge is -2.35. The summed E-state index contributed by atoms with van der Waals surface area (Å²) in [6, 6.07) is 0. The molecule has 1 aliphatic rings. The maximum Gasteiger partial charge on any atom is 0.410 e. The number of carbonyl (C=O) groups excluding carboxylic acids is 2. The molecule has 2 rings (SSSR count). The van der Waals surface area contributed by atoms with Crippen molar-refractivity contribution in [3.63, 3.8) is 0 Å². The van der Waals surface area contributed by atoms with Gasteiger partial charge in [-0.25, -0.2) is 14.6 Å². The molecule has 1 aliphatic heterocycles. The number of ether oxygens (including phenoxy) is 2. The average molecular weight is 370 g/mol. The van der Waals surface area contributed by atoms with Gasteiger partial charge in [-0.2, -0.15) is 0 Å². The zero-order valence-corrected chi connectivity index (χ0v) is 16.2. The summed E-state index contributed by atoms with van der Waals surface area (Å²) >= 11 is 1.41. The van der Waals surface area contributed by atoms with Crippen molar-refractivity contribution in [2.24, 2.45) is 0 Å². The SMILES string of the molecule is CCOC(=O)c1nc(N2CCN(C(=O)OC(C)(C)C)CC2)sc1NC. The van der Waals surface area contributed by atoms with Crippen LogP contribution in [0.4, 0.5) is 14.9 Å². The van der Waals surface area contributed by atoms with Crippen LogP contribution in [-0.2, 0) is 9.47 Å². The minimum absolute atomic E-state index is 0.297. The molecule has 1 aromatic rings. The van der Waals surface area contributed by atoms with Gasteiger partial charge in [0.05, 0.1) is 6.61 Å². The molecule has 25 heavy (non-hydrogen) atoms. The van der Waals surface area contributed by atoms with Gasteiger partial charge in [-0.3, -0.25) is 0 Å². The number of thiazole rings is 1. The number of nitrogens with one attached hydrogen (secondary N) is 1. The van der Waals surface area contributed by atoms with Gasteiger partial charge >= 0.3 is 12.1 Å². The van der Waals surface area contributed by atoms with Crippen molar-refractivity contribution >= 4 is 33.5 Å². The van der Waals surface area contributed by atoms with Crippen LogP contribution in [0.15, 0.2) is 0 Å². The number of rotatable bonds is 4. The van der Waals surface area contributed by atoms with Gasteiger partial charge in [0, 0.05) is 33.2 Å². The van der Waals surface area contributed by atoms with Gasteiger partial charge in [0.15, 0.2) is 10.8 Å². The highest BCUT2D eigenvalue weighted by molar-refractivity contribution is 7.19. The molecule has 0 bridgehead atoms. The molecule has 0 atom stereocenters. The summed E-state index contributed by atoms with van der Waals surface area (Å²) < 4.78 is 10.4. The number of hydrogen-bond acceptors (Lipinski definition) is 8. The first-order valence-corrected chi connectivity index (χ1v) is 9.15. The minimum atomic E-state index is -0.500. The van der Waals surface area contributed by atoms with Gasteiger partial charge < -0.3 is 24.6 Å². The number of aromatic nitrogens is 1. The highest BCUT2D eigenvalue weighted by Crippen LogP contribution is 2.32. The fourth-order valence-electron chi connectivity index (χ4n) is 2.36. The van der Waals surface area contributed by atoms with Crippen molar-refractivity contribution in [3.8, 4) is 0 Å². The topological polar surface area (TPSA) is 84.0 Å². The fraction of sp³-hybridized carbons (Fsp3) is 0.688. The Morgan fingerprint density at radius 2 is 1.88 bits per heavy atom. The Morgan fingerprint density at radius 3 is 2.40 bits per heavy atom. The van der Waals surface area contributed by atoms with E-state index in [2.05, 4.69) is 15.2 Å². The summed E-state index contributed by atoms with van der Waals surface area (Å²) in [6.45, 7) is 10.0. The first-order chi connectivity index (χ1) is 11.7. The summed E-state index contributed by atoms with van der Waals surface area (Å²) in [4.78, 5) is 32.3. The second kappa shape index (κ2) is 7.90. The lowest BCUT2D eigenvalue weighted by atomic mass is 10.2. The molecule has 0 aromatic carbocycles. The summed E-state index contributed by atoms with van der Waals surface area (Å²) in [5, 5.41) is 4.42. The van der Waals surface area contributed by atoms with Crippen LogP contribution in [0.1, 0.15) is 38.2 Å². The lowest BCUT2D eigenvalue weighted by molar-refractivity contribution is 0.0240. The molecule has 1 N–H and O–H groups in total. The van der Waals surface area contributed by atoms with Crippen molar-refractivity contribution < 1.29 is 19.1 Å². The average Bonchev–Trinajstić information content (AvgIpc) is 2.98. The van der Waals surface area contributed by atoms with Crippen LogP contribution < -0.4 is 10.2 Å². The Kier molecular flexibility index (Phi) is 6.10. The number of esters is 1. The predicted octanol–water partition coefficient (Wildman–Crippen LogP) is 2.42. The molecule has 1 saturated heterocycles. The van der Waals surface area contributed by atoms with E-state index in [9.17, 15) is 9.59 Å². The van der Waals surface area contributed by atoms with Crippen molar-refractivity contribution in [3.05, 3.63) is 5.69 Å². The predicted molar refractivity (Wildman–Crippen MR) is 97.6 cm³/mol. The second-order valence-electron chi connectivity index (χ2n) is 6.60. The first-order valence-electron chi connectivity index (χ1n) is 8.33. The second-order valence-corrected chi connectivity index (χ2v) is 7.58. The smallest absolute Gasteiger partial charge is 0.410 e. The molecular weight excluding hydrogens is 344 g/mol. The molecule has 0 aliphatic carbocycles. The van der Waals surface area contributed by atoms with Crippen molar-refractivity contribution in [2.45, 2.75) is 33.3 Å². The van der Waals surface area contributed by atoms with E-state index in [1.165, 1.54) is 11.3 Å². The molecule has 0 radical (unpaired) electrons. The van der Waals surface area contributed by atoms with Crippen molar-refractivity contribution in [1.82, 2.24) is 9.88 Å². The van der Waals surface area contributed by atoms with E-state index in [0.717, 1.165) is 5.13 Å². The van der Waals surface area contributed by atoms with Gasteiger partial charge in [0.25, 0.3) is 0 Å². The maximum atomic E-state index is 12.1. The van der Waals surface area contributed by atoms with Gasteiger partial charge in [-0.1, -0.05) is 11.3 Å². The molecule has 0 spiro atoms. The van der Waals surface area contributed by atoms with Gasteiger partial charge in [-0.15, -0.1) is 0 Å². The number of carbonyl (C=O) groups is 2. The van der Waals surface area contributed by atoms with Gasteiger partial charge in [0.1, 0.15) is 10.6 Å². The summed E-state index contributed by atoms with van der Waals surface area (Å²) in [7, 11) is 1.75. The van der Waals surface area contributed by atoms with Crippen LogP contribution >= 0.6 is 11.3 Å². The summed E-state index contributed by atoms with van der Waals surface area (Å²) in [6.07, 6.45) is -0.297. The minimum Gasteiger partial charge on any atom is -0.461 e. The van der Waals surface area contributed by atoms with E-state index in [0.29, 0.717) is 43.5 Å². The molecule has 1 fully saturated rings. The van der Waals surface area contributed by atoms with E-state index in [-0.39, 0.29) is 6.09 Å². The molecule has 0 unspecified atom stereocenters. The Balaban J connectivity index is 2.01. The van der Waals surface area contributed by atoms with Crippen LogP contribution in [0.25, 0.3) is 0 Å². The van der Waals surface area contributed by atoms with Crippen LogP contribution in [-0.4, -0.2) is 67.4 Å². The van der Waals surface area contributed by atoms with E-state index in [1.54, 1.807) is 18.9 Å². The number of anilines is 2. The molecule has 9 heteroatoms. The standard InChI is InChI=1S/C16H26N4O4S/c1-6-23-13(21)11-12(17-5)25-14(18-11)19-7-9-20(10-8-19)15(22)24-16(2,3)4/h17H,6-10H2,1-5H3. The highest BCUT2D eigenvalue weighted by atomic mass is 32.1. The number of amides is 1. The zero-order valence-electron chi connectivity index (χ0n) is 15.4. The van der Waals surface area contributed by atoms with Crippen LogP contribution in [0.3, 0.4) is 0 Å². The normalized spacial score (nSPS) is 15.1. The Labute approximate surface area is 152 Å². The Bertz CT molecular complexity index is 618. The molecule has 140 valence electrons. The molecule has 1 aromatic heterocycles. The van der Waals surface area contributed by atoms with E-state index in [1.807, 2.05) is 20.8 Å². The van der Waals surface area contributed by atoms with Crippen LogP contribution in [0.5, 0.6) is 0 Å². The molecule has 2 heterocycles. The van der Waals surface area contributed by atoms with E-state index in [4.69, 9.17) is 9.47 Å². The molecule has 1 amide bonds. The third kappa shape index (κ3) is 4.97. The first kappa shape index (κ1) is 19.3. The number of nitrogens with zero attached hydrogens (tertiary/aromatic N) is 3. The van der Waals surface area contributed by atoms with E-state index >= 15 is 0 Å². The maximum absolute atomic E-state index is 12.1. The van der Waals surface area contributed by atoms with Crippen molar-refractivity contribution in [1.29, 1.82) is 0 Å². The van der Waals surface area contributed by atoms with Crippen LogP contribution in [0, 0.1) is 0 Å². The largest absolute Gasteiger partial charge is 0.461 e. The molecule has 8 nitrogen and oxygen atoms in total. The Hall–Kier alpha value is -2.03. The monoisotopic (exact) mass is 370 g/mol. The fourth-order valence-corrected chi connectivity index (χ4v) is 3.32. The lowest BCUT2D eigenvalue weighted by Crippen LogP contribution is -2.50. The molecule has 0 saturated carbocycles. The van der Waals surface area contributed by atoms with Crippen LogP contribution in [0.2, 0.25) is 0 Å². The summed E-state index contributed by atoms with van der Waals surface area (Å²) in [5.41, 5.74) is -0.196. The quantitative estimate of drug-likeness (QED) is 0.815. The zero-order chi connectivity index (χ0) is 18.6. The van der Waals surface area contributed by atoms with Gasteiger partial charge in [0.2, 0.25) is 0 Å².